The first-order valence-electron chi connectivity index (χ1n) is 8.42. The fourth-order valence-electron chi connectivity index (χ4n) is 2.54. The van der Waals surface area contributed by atoms with Gasteiger partial charge in [0.15, 0.2) is 0 Å². The van der Waals surface area contributed by atoms with Crippen LogP contribution in [-0.4, -0.2) is 36.7 Å². The Labute approximate surface area is 143 Å². The predicted molar refractivity (Wildman–Crippen MR) is 94.3 cm³/mol. The summed E-state index contributed by atoms with van der Waals surface area (Å²) in [6.07, 6.45) is 3.24. The summed E-state index contributed by atoms with van der Waals surface area (Å²) in [5.74, 6) is -0.162. The van der Waals surface area contributed by atoms with E-state index in [-0.39, 0.29) is 23.6 Å². The van der Waals surface area contributed by atoms with Crippen LogP contribution < -0.4 is 16.0 Å². The number of nitrogens with one attached hydrogen (secondary N) is 3. The summed E-state index contributed by atoms with van der Waals surface area (Å²) >= 11 is 0. The van der Waals surface area contributed by atoms with Crippen molar-refractivity contribution >= 4 is 17.6 Å². The minimum absolute atomic E-state index is 0.162. The minimum atomic E-state index is -0.305. The Balaban J connectivity index is 1.82. The third-order valence-corrected chi connectivity index (χ3v) is 3.65. The highest BCUT2D eigenvalue weighted by Gasteiger charge is 2.16. The van der Waals surface area contributed by atoms with Gasteiger partial charge in [0.05, 0.1) is 6.10 Å². The summed E-state index contributed by atoms with van der Waals surface area (Å²) in [7, 11) is 0. The van der Waals surface area contributed by atoms with Crippen molar-refractivity contribution in [3.05, 3.63) is 29.8 Å². The van der Waals surface area contributed by atoms with Gasteiger partial charge >= 0.3 is 6.03 Å². The van der Waals surface area contributed by atoms with E-state index in [1.54, 1.807) is 24.3 Å². The zero-order valence-corrected chi connectivity index (χ0v) is 14.6. The molecule has 24 heavy (non-hydrogen) atoms. The highest BCUT2D eigenvalue weighted by molar-refractivity contribution is 5.97. The first-order valence-corrected chi connectivity index (χ1v) is 8.42. The molecular weight excluding hydrogens is 306 g/mol. The molecule has 0 aromatic heterocycles. The van der Waals surface area contributed by atoms with Crippen molar-refractivity contribution in [2.45, 2.75) is 51.7 Å². The van der Waals surface area contributed by atoms with Crippen molar-refractivity contribution in [2.75, 3.05) is 18.5 Å². The lowest BCUT2D eigenvalue weighted by Gasteiger charge is -2.20. The molecule has 0 bridgehead atoms. The maximum absolute atomic E-state index is 12.2. The number of rotatable bonds is 5. The Bertz CT molecular complexity index is 575. The van der Waals surface area contributed by atoms with Crippen LogP contribution in [0, 0.1) is 0 Å². The van der Waals surface area contributed by atoms with Crippen molar-refractivity contribution in [3.63, 3.8) is 0 Å². The van der Waals surface area contributed by atoms with Crippen LogP contribution in [0.3, 0.4) is 0 Å². The van der Waals surface area contributed by atoms with Crippen LogP contribution in [0.15, 0.2) is 24.3 Å². The van der Waals surface area contributed by atoms with Crippen molar-refractivity contribution in [1.29, 1.82) is 0 Å². The number of amides is 3. The lowest BCUT2D eigenvalue weighted by atomic mass is 10.1. The van der Waals surface area contributed by atoms with Crippen LogP contribution >= 0.6 is 0 Å². The highest BCUT2D eigenvalue weighted by Crippen LogP contribution is 2.15. The second-order valence-electron chi connectivity index (χ2n) is 7.09. The van der Waals surface area contributed by atoms with Gasteiger partial charge in [-0.25, -0.2) is 4.79 Å². The number of carbonyl (C=O) groups excluding carboxylic acids is 2. The Morgan fingerprint density at radius 2 is 2.08 bits per heavy atom. The molecule has 3 amide bonds. The van der Waals surface area contributed by atoms with E-state index in [2.05, 4.69) is 16.0 Å². The summed E-state index contributed by atoms with van der Waals surface area (Å²) in [4.78, 5) is 24.1. The first-order chi connectivity index (χ1) is 11.3. The Morgan fingerprint density at radius 1 is 1.29 bits per heavy atom. The van der Waals surface area contributed by atoms with E-state index < -0.39 is 0 Å². The molecule has 6 nitrogen and oxygen atoms in total. The smallest absolute Gasteiger partial charge is 0.319 e. The molecule has 1 atom stereocenters. The number of benzene rings is 1. The van der Waals surface area contributed by atoms with Crippen LogP contribution in [0.5, 0.6) is 0 Å². The second kappa shape index (κ2) is 8.15. The third kappa shape index (κ3) is 6.20. The lowest BCUT2D eigenvalue weighted by Crippen LogP contribution is -2.40. The summed E-state index contributed by atoms with van der Waals surface area (Å²) in [5.41, 5.74) is 0.800. The maximum Gasteiger partial charge on any atom is 0.319 e. The number of hydrogen-bond donors (Lipinski definition) is 3. The zero-order valence-electron chi connectivity index (χ0n) is 14.6. The molecular formula is C18H27N3O3. The molecule has 3 N–H and O–H groups in total. The van der Waals surface area contributed by atoms with Crippen LogP contribution in [0.4, 0.5) is 10.5 Å². The molecule has 1 saturated heterocycles. The number of anilines is 1. The first kappa shape index (κ1) is 18.3. The molecule has 0 radical (unpaired) electrons. The molecule has 6 heteroatoms. The predicted octanol–water partition coefficient (Wildman–Crippen LogP) is 2.91. The molecule has 1 fully saturated rings. The van der Waals surface area contributed by atoms with Crippen molar-refractivity contribution < 1.29 is 14.3 Å². The molecule has 0 unspecified atom stereocenters. The van der Waals surface area contributed by atoms with Gasteiger partial charge in [-0.15, -0.1) is 0 Å². The number of urea groups is 1. The van der Waals surface area contributed by atoms with Gasteiger partial charge in [0.1, 0.15) is 0 Å². The van der Waals surface area contributed by atoms with Gasteiger partial charge in [-0.2, -0.15) is 0 Å². The van der Waals surface area contributed by atoms with E-state index in [1.165, 1.54) is 0 Å². The van der Waals surface area contributed by atoms with Crippen molar-refractivity contribution in [3.8, 4) is 0 Å². The number of hydrogen-bond acceptors (Lipinski definition) is 3. The maximum atomic E-state index is 12.2. The van der Waals surface area contributed by atoms with Gasteiger partial charge in [0.25, 0.3) is 5.91 Å². The molecule has 1 heterocycles. The van der Waals surface area contributed by atoms with Gasteiger partial charge in [-0.05, 0) is 58.2 Å². The lowest BCUT2D eigenvalue weighted by molar-refractivity contribution is 0.0919. The normalized spacial score (nSPS) is 17.4. The summed E-state index contributed by atoms with van der Waals surface area (Å²) in [6, 6.07) is 6.62. The average molecular weight is 333 g/mol. The molecule has 2 rings (SSSR count). The van der Waals surface area contributed by atoms with Crippen LogP contribution in [-0.2, 0) is 4.74 Å². The van der Waals surface area contributed by atoms with E-state index in [9.17, 15) is 9.59 Å². The van der Waals surface area contributed by atoms with Gasteiger partial charge < -0.3 is 20.7 Å². The largest absolute Gasteiger partial charge is 0.378 e. The molecule has 0 spiro atoms. The summed E-state index contributed by atoms with van der Waals surface area (Å²) in [6.45, 7) is 7.17. The molecule has 1 aliphatic heterocycles. The van der Waals surface area contributed by atoms with Crippen LogP contribution in [0.1, 0.15) is 50.4 Å². The van der Waals surface area contributed by atoms with E-state index in [0.29, 0.717) is 17.8 Å². The number of ether oxygens (including phenoxy) is 1. The van der Waals surface area contributed by atoms with Gasteiger partial charge in [-0.3, -0.25) is 4.79 Å². The fraction of sp³-hybridized carbons (Fsp3) is 0.556. The van der Waals surface area contributed by atoms with E-state index in [1.807, 2.05) is 20.8 Å². The second-order valence-corrected chi connectivity index (χ2v) is 7.09. The topological polar surface area (TPSA) is 79.5 Å². The molecule has 0 aliphatic carbocycles. The van der Waals surface area contributed by atoms with Crippen LogP contribution in [0.2, 0.25) is 0 Å². The van der Waals surface area contributed by atoms with Gasteiger partial charge in [-0.1, -0.05) is 6.07 Å². The summed E-state index contributed by atoms with van der Waals surface area (Å²) < 4.78 is 5.52. The van der Waals surface area contributed by atoms with E-state index in [4.69, 9.17) is 4.74 Å². The van der Waals surface area contributed by atoms with E-state index in [0.717, 1.165) is 25.9 Å². The molecule has 132 valence electrons. The molecule has 0 saturated carbocycles. The van der Waals surface area contributed by atoms with Crippen LogP contribution in [0.25, 0.3) is 0 Å². The Morgan fingerprint density at radius 3 is 2.75 bits per heavy atom. The fourth-order valence-corrected chi connectivity index (χ4v) is 2.54. The van der Waals surface area contributed by atoms with Crippen molar-refractivity contribution in [2.24, 2.45) is 0 Å². The quantitative estimate of drug-likeness (QED) is 0.775. The highest BCUT2D eigenvalue weighted by atomic mass is 16.5. The number of carbonyl (C=O) groups is 2. The van der Waals surface area contributed by atoms with Crippen molar-refractivity contribution in [1.82, 2.24) is 10.6 Å². The molecule has 1 aliphatic rings. The van der Waals surface area contributed by atoms with E-state index >= 15 is 0 Å². The summed E-state index contributed by atoms with van der Waals surface area (Å²) in [5, 5.41) is 8.47. The standard InChI is InChI=1S/C18H27N3O3/c1-18(2,3)21-16(22)13-6-4-7-14(12-13)20-17(23)19-10-9-15-8-5-11-24-15/h4,6-7,12,15H,5,8-11H2,1-3H3,(H,21,22)(H2,19,20,23)/t15-/m1/s1. The monoisotopic (exact) mass is 333 g/mol. The Kier molecular flexibility index (Phi) is 6.20. The molecule has 1 aromatic carbocycles. The average Bonchev–Trinajstić information content (AvgIpc) is 2.99. The Hall–Kier alpha value is -2.08. The van der Waals surface area contributed by atoms with Gasteiger partial charge in [0, 0.05) is 29.9 Å². The molecule has 1 aromatic rings. The minimum Gasteiger partial charge on any atom is -0.378 e. The zero-order chi connectivity index (χ0) is 17.6. The third-order valence-electron chi connectivity index (χ3n) is 3.65. The van der Waals surface area contributed by atoms with Gasteiger partial charge in [0.2, 0.25) is 0 Å². The SMILES string of the molecule is CC(C)(C)NC(=O)c1cccc(NC(=O)NCC[C@H]2CCCO2)c1.